The van der Waals surface area contributed by atoms with Crippen molar-refractivity contribution in [3.8, 4) is 11.8 Å². The van der Waals surface area contributed by atoms with Crippen LogP contribution in [0.15, 0.2) is 12.1 Å². The third kappa shape index (κ3) is 1.76. The van der Waals surface area contributed by atoms with Gasteiger partial charge in [0.05, 0.1) is 32.4 Å². The fraction of sp³-hybridized carbons (Fsp3) is 0.500. The Balaban J connectivity index is 2.40. The molecule has 0 spiro atoms. The Bertz CT molecular complexity index is 501. The number of benzene rings is 1. The largest absolute Gasteiger partial charge is 0.496 e. The first-order valence-electron chi connectivity index (χ1n) is 5.94. The fourth-order valence-corrected chi connectivity index (χ4v) is 2.31. The van der Waals surface area contributed by atoms with Gasteiger partial charge in [-0.25, -0.2) is 0 Å². The predicted molar refractivity (Wildman–Crippen MR) is 68.3 cm³/mol. The number of hydrogen-bond donors (Lipinski definition) is 1. The van der Waals surface area contributed by atoms with Crippen LogP contribution in [0.25, 0.3) is 0 Å². The molecule has 18 heavy (non-hydrogen) atoms. The number of nitrogens with zero attached hydrogens (tertiary/aromatic N) is 1. The van der Waals surface area contributed by atoms with Gasteiger partial charge in [-0.05, 0) is 36.6 Å². The van der Waals surface area contributed by atoms with Gasteiger partial charge in [-0.2, -0.15) is 5.26 Å². The number of hydrogen-bond acceptors (Lipinski definition) is 4. The van der Waals surface area contributed by atoms with Gasteiger partial charge in [-0.15, -0.1) is 0 Å². The average Bonchev–Trinajstić information content (AvgIpc) is 2.31. The Morgan fingerprint density at radius 2 is 2.06 bits per heavy atom. The average molecular weight is 246 g/mol. The third-order valence-electron chi connectivity index (χ3n) is 3.87. The lowest BCUT2D eigenvalue weighted by Crippen LogP contribution is -2.49. The summed E-state index contributed by atoms with van der Waals surface area (Å²) in [6.45, 7) is 4.84. The van der Waals surface area contributed by atoms with E-state index in [0.29, 0.717) is 13.2 Å². The van der Waals surface area contributed by atoms with E-state index in [2.05, 4.69) is 6.07 Å². The van der Waals surface area contributed by atoms with Crippen molar-refractivity contribution in [2.75, 3.05) is 20.3 Å². The predicted octanol–water partition coefficient (Wildman–Crippen LogP) is 1.85. The van der Waals surface area contributed by atoms with Gasteiger partial charge in [0.1, 0.15) is 11.2 Å². The molecule has 1 aromatic rings. The Hall–Kier alpha value is -1.57. The van der Waals surface area contributed by atoms with Crippen molar-refractivity contribution in [3.63, 3.8) is 0 Å². The summed E-state index contributed by atoms with van der Waals surface area (Å²) >= 11 is 0. The van der Waals surface area contributed by atoms with Crippen LogP contribution in [0.2, 0.25) is 0 Å². The van der Waals surface area contributed by atoms with Crippen molar-refractivity contribution in [1.82, 2.24) is 0 Å². The molecule has 1 aliphatic heterocycles. The molecule has 0 bridgehead atoms. The molecule has 96 valence electrons. The van der Waals surface area contributed by atoms with E-state index in [1.165, 1.54) is 0 Å². The fourth-order valence-electron chi connectivity index (χ4n) is 2.31. The Morgan fingerprint density at radius 3 is 2.50 bits per heavy atom. The van der Waals surface area contributed by atoms with E-state index < -0.39 is 5.41 Å². The highest BCUT2D eigenvalue weighted by Gasteiger charge is 2.45. The van der Waals surface area contributed by atoms with E-state index in [1.54, 1.807) is 7.11 Å². The molecule has 1 aromatic carbocycles. The summed E-state index contributed by atoms with van der Waals surface area (Å²) in [6.07, 6.45) is 0. The molecule has 1 heterocycles. The molecular weight excluding hydrogens is 228 g/mol. The van der Waals surface area contributed by atoms with Gasteiger partial charge in [0.2, 0.25) is 0 Å². The summed E-state index contributed by atoms with van der Waals surface area (Å²) in [5.41, 5.74) is 8.84. The molecule has 0 amide bonds. The van der Waals surface area contributed by atoms with Crippen molar-refractivity contribution < 1.29 is 9.47 Å². The molecule has 2 N–H and O–H groups in total. The van der Waals surface area contributed by atoms with Crippen LogP contribution in [0.1, 0.15) is 22.7 Å². The lowest BCUT2D eigenvalue weighted by Gasteiger charge is -2.40. The molecule has 1 unspecified atom stereocenters. The second-order valence-corrected chi connectivity index (χ2v) is 4.85. The van der Waals surface area contributed by atoms with Crippen molar-refractivity contribution in [3.05, 3.63) is 28.8 Å². The Labute approximate surface area is 107 Å². The lowest BCUT2D eigenvalue weighted by molar-refractivity contribution is -0.0911. The summed E-state index contributed by atoms with van der Waals surface area (Å²) in [4.78, 5) is 0. The van der Waals surface area contributed by atoms with Crippen LogP contribution in [0.5, 0.6) is 5.75 Å². The van der Waals surface area contributed by atoms with Gasteiger partial charge in [-0.1, -0.05) is 6.07 Å². The molecule has 1 fully saturated rings. The SMILES string of the molecule is COc1ccc(C(N)C2(C#N)COC2)c(C)c1C. The number of ether oxygens (including phenoxy) is 2. The van der Waals surface area contributed by atoms with E-state index in [1.807, 2.05) is 26.0 Å². The van der Waals surface area contributed by atoms with Gasteiger partial charge >= 0.3 is 0 Å². The maximum atomic E-state index is 9.29. The minimum absolute atomic E-state index is 0.319. The maximum Gasteiger partial charge on any atom is 0.123 e. The standard InChI is InChI=1S/C14H18N2O2/c1-9-10(2)12(17-3)5-4-11(9)13(16)14(6-15)7-18-8-14/h4-5,13H,7-8,16H2,1-3H3. The van der Waals surface area contributed by atoms with E-state index in [0.717, 1.165) is 22.4 Å². The highest BCUT2D eigenvalue weighted by molar-refractivity contribution is 5.46. The lowest BCUT2D eigenvalue weighted by atomic mass is 9.75. The molecule has 1 saturated heterocycles. The summed E-state index contributed by atoms with van der Waals surface area (Å²) < 4.78 is 10.4. The van der Waals surface area contributed by atoms with Gasteiger partial charge in [-0.3, -0.25) is 0 Å². The number of methoxy groups -OCH3 is 1. The van der Waals surface area contributed by atoms with Gasteiger partial charge in [0.15, 0.2) is 0 Å². The molecule has 0 radical (unpaired) electrons. The number of rotatable bonds is 3. The van der Waals surface area contributed by atoms with E-state index >= 15 is 0 Å². The monoisotopic (exact) mass is 246 g/mol. The Kier molecular flexibility index (Phi) is 3.29. The molecular formula is C14H18N2O2. The van der Waals surface area contributed by atoms with Gasteiger partial charge in [0, 0.05) is 0 Å². The Morgan fingerprint density at radius 1 is 1.39 bits per heavy atom. The van der Waals surface area contributed by atoms with Crippen molar-refractivity contribution in [2.45, 2.75) is 19.9 Å². The van der Waals surface area contributed by atoms with Crippen LogP contribution in [-0.2, 0) is 4.74 Å². The molecule has 2 rings (SSSR count). The van der Waals surface area contributed by atoms with Crippen molar-refractivity contribution >= 4 is 0 Å². The first-order chi connectivity index (χ1) is 8.55. The van der Waals surface area contributed by atoms with Crippen molar-refractivity contribution in [2.24, 2.45) is 11.1 Å². The topological polar surface area (TPSA) is 68.3 Å². The summed E-state index contributed by atoms with van der Waals surface area (Å²) in [5.74, 6) is 0.847. The first kappa shape index (κ1) is 12.9. The zero-order chi connectivity index (χ0) is 13.3. The van der Waals surface area contributed by atoms with Gasteiger partial charge in [0.25, 0.3) is 0 Å². The highest BCUT2D eigenvalue weighted by Crippen LogP contribution is 2.40. The van der Waals surface area contributed by atoms with Crippen LogP contribution in [0, 0.1) is 30.6 Å². The highest BCUT2D eigenvalue weighted by atomic mass is 16.5. The molecule has 1 aliphatic rings. The van der Waals surface area contributed by atoms with E-state index in [9.17, 15) is 5.26 Å². The third-order valence-corrected chi connectivity index (χ3v) is 3.87. The van der Waals surface area contributed by atoms with Crippen molar-refractivity contribution in [1.29, 1.82) is 5.26 Å². The molecule has 0 saturated carbocycles. The van der Waals surface area contributed by atoms with E-state index in [4.69, 9.17) is 15.2 Å². The van der Waals surface area contributed by atoms with E-state index in [-0.39, 0.29) is 6.04 Å². The minimum Gasteiger partial charge on any atom is -0.496 e. The smallest absolute Gasteiger partial charge is 0.123 e. The summed E-state index contributed by atoms with van der Waals surface area (Å²) in [6, 6.07) is 5.84. The molecule has 1 atom stereocenters. The van der Waals surface area contributed by atoms with Crippen LogP contribution in [-0.4, -0.2) is 20.3 Å². The number of nitrogens with two attached hydrogens (primary N) is 1. The summed E-state index contributed by atoms with van der Waals surface area (Å²) in [5, 5.41) is 9.29. The molecule has 0 aromatic heterocycles. The summed E-state index contributed by atoms with van der Waals surface area (Å²) in [7, 11) is 1.65. The molecule has 4 nitrogen and oxygen atoms in total. The normalized spacial score (nSPS) is 18.6. The van der Waals surface area contributed by atoms with Crippen LogP contribution in [0.4, 0.5) is 0 Å². The second-order valence-electron chi connectivity index (χ2n) is 4.85. The first-order valence-corrected chi connectivity index (χ1v) is 5.94. The minimum atomic E-state index is -0.578. The zero-order valence-corrected chi connectivity index (χ0v) is 11.0. The van der Waals surface area contributed by atoms with Crippen LogP contribution in [0.3, 0.4) is 0 Å². The quantitative estimate of drug-likeness (QED) is 0.883. The molecule has 0 aliphatic carbocycles. The van der Waals surface area contributed by atoms with Gasteiger partial charge < -0.3 is 15.2 Å². The number of nitriles is 1. The second kappa shape index (κ2) is 4.60. The zero-order valence-electron chi connectivity index (χ0n) is 11.0. The van der Waals surface area contributed by atoms with Crippen LogP contribution < -0.4 is 10.5 Å². The van der Waals surface area contributed by atoms with Crippen LogP contribution >= 0.6 is 0 Å². The molecule has 4 heteroatoms. The maximum absolute atomic E-state index is 9.29.